The van der Waals surface area contributed by atoms with Gasteiger partial charge in [-0.15, -0.1) is 5.10 Å². The molecule has 2 rings (SSSR count). The lowest BCUT2D eigenvalue weighted by molar-refractivity contribution is 0.629. The lowest BCUT2D eigenvalue weighted by Gasteiger charge is -2.12. The molecule has 17 heavy (non-hydrogen) atoms. The lowest BCUT2D eigenvalue weighted by Crippen LogP contribution is -2.30. The molecule has 1 saturated heterocycles. The molecule has 0 bridgehead atoms. The lowest BCUT2D eigenvalue weighted by atomic mass is 10.2. The Hall–Kier alpha value is -1.23. The number of hydrogen-bond donors (Lipinski definition) is 2. The van der Waals surface area contributed by atoms with E-state index in [0.29, 0.717) is 12.0 Å². The summed E-state index contributed by atoms with van der Waals surface area (Å²) in [7, 11) is 0. The average Bonchev–Trinajstić information content (AvgIpc) is 2.89. The largest absolute Gasteiger partial charge is 0.351 e. The van der Waals surface area contributed by atoms with E-state index in [0.717, 1.165) is 37.3 Å². The fourth-order valence-electron chi connectivity index (χ4n) is 2.16. The third-order valence-electron chi connectivity index (χ3n) is 3.18. The summed E-state index contributed by atoms with van der Waals surface area (Å²) in [4.78, 5) is 4.51. The van der Waals surface area contributed by atoms with E-state index in [1.54, 1.807) is 0 Å². The molecule has 0 radical (unpaired) electrons. The Bertz CT molecular complexity index is 360. The van der Waals surface area contributed by atoms with Crippen molar-refractivity contribution in [3.8, 4) is 0 Å². The van der Waals surface area contributed by atoms with Gasteiger partial charge in [0.1, 0.15) is 0 Å². The highest BCUT2D eigenvalue weighted by Gasteiger charge is 2.14. The van der Waals surface area contributed by atoms with Gasteiger partial charge in [-0.2, -0.15) is 5.10 Å². The van der Waals surface area contributed by atoms with Crippen molar-refractivity contribution in [3.63, 3.8) is 0 Å². The van der Waals surface area contributed by atoms with Crippen LogP contribution in [0, 0.1) is 0 Å². The molecule has 1 unspecified atom stereocenters. The Morgan fingerprint density at radius 2 is 2.06 bits per heavy atom. The molecule has 1 aromatic rings. The molecule has 1 aliphatic heterocycles. The van der Waals surface area contributed by atoms with E-state index in [4.69, 9.17) is 0 Å². The van der Waals surface area contributed by atoms with E-state index >= 15 is 0 Å². The van der Waals surface area contributed by atoms with Gasteiger partial charge < -0.3 is 10.6 Å². The van der Waals surface area contributed by atoms with Gasteiger partial charge in [-0.1, -0.05) is 13.8 Å². The molecule has 0 spiro atoms. The SMILES string of the molecule is CCc1nnc(NCC2CCCN2)nc1CC. The van der Waals surface area contributed by atoms with Gasteiger partial charge in [0.25, 0.3) is 0 Å². The van der Waals surface area contributed by atoms with Crippen LogP contribution >= 0.6 is 0 Å². The first-order valence-electron chi connectivity index (χ1n) is 6.53. The molecule has 94 valence electrons. The van der Waals surface area contributed by atoms with Crippen LogP contribution in [0.5, 0.6) is 0 Å². The van der Waals surface area contributed by atoms with Crippen molar-refractivity contribution in [1.82, 2.24) is 20.5 Å². The highest BCUT2D eigenvalue weighted by Crippen LogP contribution is 2.08. The van der Waals surface area contributed by atoms with Crippen molar-refractivity contribution >= 4 is 5.95 Å². The minimum atomic E-state index is 0.550. The molecule has 0 aromatic carbocycles. The maximum atomic E-state index is 4.51. The van der Waals surface area contributed by atoms with Crippen molar-refractivity contribution in [2.75, 3.05) is 18.4 Å². The molecule has 0 saturated carbocycles. The van der Waals surface area contributed by atoms with Gasteiger partial charge >= 0.3 is 0 Å². The van der Waals surface area contributed by atoms with E-state index in [9.17, 15) is 0 Å². The smallest absolute Gasteiger partial charge is 0.243 e. The van der Waals surface area contributed by atoms with Crippen LogP contribution in [0.3, 0.4) is 0 Å². The number of nitrogens with zero attached hydrogens (tertiary/aromatic N) is 3. The predicted octanol–water partition coefficient (Wildman–Crippen LogP) is 1.16. The first kappa shape index (κ1) is 12.2. The van der Waals surface area contributed by atoms with Gasteiger partial charge in [-0.25, -0.2) is 4.98 Å². The van der Waals surface area contributed by atoms with Gasteiger partial charge in [-0.3, -0.25) is 0 Å². The molecule has 2 N–H and O–H groups in total. The third kappa shape index (κ3) is 3.12. The second kappa shape index (κ2) is 5.91. The fourth-order valence-corrected chi connectivity index (χ4v) is 2.16. The summed E-state index contributed by atoms with van der Waals surface area (Å²) in [5, 5.41) is 15.0. The fraction of sp³-hybridized carbons (Fsp3) is 0.750. The van der Waals surface area contributed by atoms with Crippen LogP contribution in [-0.2, 0) is 12.8 Å². The van der Waals surface area contributed by atoms with E-state index in [-0.39, 0.29) is 0 Å². The van der Waals surface area contributed by atoms with Gasteiger partial charge in [0.05, 0.1) is 11.4 Å². The van der Waals surface area contributed by atoms with Crippen molar-refractivity contribution in [2.45, 2.75) is 45.6 Å². The van der Waals surface area contributed by atoms with Gasteiger partial charge in [-0.05, 0) is 32.2 Å². The second-order valence-electron chi connectivity index (χ2n) is 4.41. The summed E-state index contributed by atoms with van der Waals surface area (Å²) in [6, 6.07) is 0.550. The number of rotatable bonds is 5. The Morgan fingerprint density at radius 1 is 1.24 bits per heavy atom. The monoisotopic (exact) mass is 235 g/mol. The summed E-state index contributed by atoms with van der Waals surface area (Å²) in [6.07, 6.45) is 4.30. The molecule has 1 atom stereocenters. The summed E-state index contributed by atoms with van der Waals surface area (Å²) in [5.41, 5.74) is 2.07. The average molecular weight is 235 g/mol. The number of nitrogens with one attached hydrogen (secondary N) is 2. The first-order chi connectivity index (χ1) is 8.33. The Kier molecular flexibility index (Phi) is 4.25. The third-order valence-corrected chi connectivity index (χ3v) is 3.18. The number of aryl methyl sites for hydroxylation is 2. The predicted molar refractivity (Wildman–Crippen MR) is 68.1 cm³/mol. The quantitative estimate of drug-likeness (QED) is 0.802. The normalized spacial score (nSPS) is 19.5. The van der Waals surface area contributed by atoms with Crippen molar-refractivity contribution in [1.29, 1.82) is 0 Å². The zero-order valence-electron chi connectivity index (χ0n) is 10.7. The molecule has 5 heteroatoms. The van der Waals surface area contributed by atoms with E-state index in [2.05, 4.69) is 39.7 Å². The second-order valence-corrected chi connectivity index (χ2v) is 4.41. The van der Waals surface area contributed by atoms with Crippen LogP contribution in [0.15, 0.2) is 0 Å². The van der Waals surface area contributed by atoms with Crippen LogP contribution in [0.2, 0.25) is 0 Å². The van der Waals surface area contributed by atoms with Crippen molar-refractivity contribution < 1.29 is 0 Å². The van der Waals surface area contributed by atoms with Crippen LogP contribution < -0.4 is 10.6 Å². The molecular formula is C12H21N5. The molecular weight excluding hydrogens is 214 g/mol. The molecule has 5 nitrogen and oxygen atoms in total. The molecule has 0 aliphatic carbocycles. The van der Waals surface area contributed by atoms with Gasteiger partial charge in [0.2, 0.25) is 5.95 Å². The zero-order valence-corrected chi connectivity index (χ0v) is 10.7. The van der Waals surface area contributed by atoms with Crippen LogP contribution in [-0.4, -0.2) is 34.3 Å². The Balaban J connectivity index is 1.95. The molecule has 1 fully saturated rings. The Morgan fingerprint density at radius 3 is 2.71 bits per heavy atom. The molecule has 1 aromatic heterocycles. The summed E-state index contributed by atoms with van der Waals surface area (Å²) >= 11 is 0. The summed E-state index contributed by atoms with van der Waals surface area (Å²) < 4.78 is 0. The topological polar surface area (TPSA) is 62.7 Å². The maximum absolute atomic E-state index is 4.51. The Labute approximate surface area is 102 Å². The summed E-state index contributed by atoms with van der Waals surface area (Å²) in [5.74, 6) is 0.660. The molecule has 0 amide bonds. The number of hydrogen-bond acceptors (Lipinski definition) is 5. The van der Waals surface area contributed by atoms with Gasteiger partial charge in [0.15, 0.2) is 0 Å². The minimum Gasteiger partial charge on any atom is -0.351 e. The van der Waals surface area contributed by atoms with Crippen LogP contribution in [0.4, 0.5) is 5.95 Å². The van der Waals surface area contributed by atoms with E-state index in [1.807, 2.05) is 0 Å². The summed E-state index contributed by atoms with van der Waals surface area (Å²) in [6.45, 7) is 6.20. The zero-order chi connectivity index (χ0) is 12.1. The highest BCUT2D eigenvalue weighted by molar-refractivity contribution is 5.26. The number of aromatic nitrogens is 3. The molecule has 2 heterocycles. The number of anilines is 1. The maximum Gasteiger partial charge on any atom is 0.243 e. The van der Waals surface area contributed by atoms with Crippen LogP contribution in [0.25, 0.3) is 0 Å². The standard InChI is InChI=1S/C12H21N5/c1-3-10-11(4-2)16-17-12(15-10)14-8-9-6-5-7-13-9/h9,13H,3-8H2,1-2H3,(H,14,15,17). The van der Waals surface area contributed by atoms with Gasteiger partial charge in [0, 0.05) is 12.6 Å². The first-order valence-corrected chi connectivity index (χ1v) is 6.53. The molecule has 1 aliphatic rings. The van der Waals surface area contributed by atoms with E-state index in [1.165, 1.54) is 12.8 Å². The van der Waals surface area contributed by atoms with Crippen LogP contribution in [0.1, 0.15) is 38.1 Å². The van der Waals surface area contributed by atoms with Crippen molar-refractivity contribution in [2.24, 2.45) is 0 Å². The highest BCUT2D eigenvalue weighted by atomic mass is 15.2. The minimum absolute atomic E-state index is 0.550. The van der Waals surface area contributed by atoms with E-state index < -0.39 is 0 Å². The van der Waals surface area contributed by atoms with Crippen molar-refractivity contribution in [3.05, 3.63) is 11.4 Å².